The molecule has 2 atom stereocenters. The Bertz CT molecular complexity index is 819. The maximum absolute atomic E-state index is 13.0. The highest BCUT2D eigenvalue weighted by Crippen LogP contribution is 2.32. The van der Waals surface area contributed by atoms with Crippen molar-refractivity contribution in [1.82, 2.24) is 10.1 Å². The van der Waals surface area contributed by atoms with Crippen LogP contribution in [0.3, 0.4) is 0 Å². The third-order valence-electron chi connectivity index (χ3n) is 4.03. The van der Waals surface area contributed by atoms with Crippen molar-refractivity contribution >= 4 is 23.5 Å². The fraction of sp³-hybridized carbons (Fsp3) is 0.353. The number of rotatable bonds is 3. The van der Waals surface area contributed by atoms with Gasteiger partial charge in [-0.05, 0) is 19.9 Å². The number of carboxylic acid groups (broad SMARTS) is 1. The normalized spacial score (nSPS) is 20.5. The average Bonchev–Trinajstić information content (AvgIpc) is 2.95. The van der Waals surface area contributed by atoms with Crippen molar-refractivity contribution < 1.29 is 24.0 Å². The second-order valence-electron chi connectivity index (χ2n) is 5.93. The van der Waals surface area contributed by atoms with Gasteiger partial charge in [-0.25, -0.2) is 4.79 Å². The van der Waals surface area contributed by atoms with Gasteiger partial charge in [-0.2, -0.15) is 0 Å². The molecule has 1 saturated heterocycles. The predicted molar refractivity (Wildman–Crippen MR) is 89.6 cm³/mol. The number of hydrogen-bond donors (Lipinski definition) is 1. The van der Waals surface area contributed by atoms with Gasteiger partial charge in [0.05, 0.1) is 17.7 Å². The summed E-state index contributed by atoms with van der Waals surface area (Å²) >= 11 is 6.21. The van der Waals surface area contributed by atoms with Gasteiger partial charge >= 0.3 is 5.97 Å². The van der Waals surface area contributed by atoms with Crippen molar-refractivity contribution in [3.8, 4) is 11.3 Å². The van der Waals surface area contributed by atoms with Crippen molar-refractivity contribution in [2.45, 2.75) is 26.1 Å². The number of morpholine rings is 1. The number of nitrogens with zero attached hydrogens (tertiary/aromatic N) is 2. The summed E-state index contributed by atoms with van der Waals surface area (Å²) in [5.74, 6) is -1.10. The third-order valence-corrected chi connectivity index (χ3v) is 4.36. The van der Waals surface area contributed by atoms with Crippen LogP contribution in [0, 0.1) is 6.92 Å². The van der Waals surface area contributed by atoms with Gasteiger partial charge < -0.3 is 19.3 Å². The minimum atomic E-state index is -1.10. The summed E-state index contributed by atoms with van der Waals surface area (Å²) in [7, 11) is 0. The Morgan fingerprint density at radius 3 is 2.72 bits per heavy atom. The van der Waals surface area contributed by atoms with Crippen molar-refractivity contribution in [2.75, 3.05) is 13.1 Å². The molecule has 1 fully saturated rings. The number of aromatic nitrogens is 1. The Hall–Kier alpha value is -2.38. The smallest absolute Gasteiger partial charge is 0.334 e. The van der Waals surface area contributed by atoms with Crippen LogP contribution >= 0.6 is 11.6 Å². The van der Waals surface area contributed by atoms with Gasteiger partial charge in [0.25, 0.3) is 5.91 Å². The standard InChI is InChI=1S/C17H17ClN2O5/c1-9-7-20(8-13(24-9)17(22)23)16(21)14-10(2)25-19-15(14)11-5-3-4-6-12(11)18/h3-6,9,13H,7-8H2,1-2H3,(H,22,23)/t9-,13?/m1/s1. The molecule has 0 spiro atoms. The summed E-state index contributed by atoms with van der Waals surface area (Å²) in [6.45, 7) is 3.62. The van der Waals surface area contributed by atoms with E-state index in [9.17, 15) is 14.7 Å². The van der Waals surface area contributed by atoms with Crippen LogP contribution in [0.4, 0.5) is 0 Å². The topological polar surface area (TPSA) is 92.9 Å². The molecule has 3 rings (SSSR count). The summed E-state index contributed by atoms with van der Waals surface area (Å²) in [6.07, 6.45) is -1.45. The van der Waals surface area contributed by atoms with Crippen LogP contribution in [0.15, 0.2) is 28.8 Å². The molecule has 1 aliphatic rings. The molecule has 7 nitrogen and oxygen atoms in total. The number of aliphatic carboxylic acids is 1. The number of carbonyl (C=O) groups excluding carboxylic acids is 1. The first-order valence-corrected chi connectivity index (χ1v) is 8.15. The van der Waals surface area contributed by atoms with Gasteiger partial charge in [0.15, 0.2) is 6.10 Å². The van der Waals surface area contributed by atoms with Gasteiger partial charge in [-0.3, -0.25) is 4.79 Å². The van der Waals surface area contributed by atoms with E-state index in [1.807, 2.05) is 0 Å². The molecule has 1 aromatic carbocycles. The molecule has 1 N–H and O–H groups in total. The maximum atomic E-state index is 13.0. The number of benzene rings is 1. The average molecular weight is 365 g/mol. The Balaban J connectivity index is 1.97. The summed E-state index contributed by atoms with van der Waals surface area (Å²) in [5, 5.41) is 13.6. The van der Waals surface area contributed by atoms with Gasteiger partial charge in [0.1, 0.15) is 17.0 Å². The Morgan fingerprint density at radius 1 is 1.32 bits per heavy atom. The zero-order valence-corrected chi connectivity index (χ0v) is 14.5. The lowest BCUT2D eigenvalue weighted by Gasteiger charge is -2.34. The van der Waals surface area contributed by atoms with Crippen molar-refractivity contribution in [3.63, 3.8) is 0 Å². The molecule has 8 heteroatoms. The van der Waals surface area contributed by atoms with E-state index in [4.69, 9.17) is 20.9 Å². The fourth-order valence-corrected chi connectivity index (χ4v) is 3.10. The van der Waals surface area contributed by atoms with Crippen molar-refractivity contribution in [3.05, 3.63) is 40.6 Å². The van der Waals surface area contributed by atoms with Crippen LogP contribution in [-0.2, 0) is 9.53 Å². The number of carboxylic acids is 1. The monoisotopic (exact) mass is 364 g/mol. The summed E-state index contributed by atoms with van der Waals surface area (Å²) in [6, 6.07) is 7.02. The predicted octanol–water partition coefficient (Wildman–Crippen LogP) is 2.62. The lowest BCUT2D eigenvalue weighted by atomic mass is 10.0. The quantitative estimate of drug-likeness (QED) is 0.899. The molecule has 1 aromatic heterocycles. The molecule has 1 aliphatic heterocycles. The van der Waals surface area contributed by atoms with Crippen LogP contribution in [-0.4, -0.2) is 52.3 Å². The van der Waals surface area contributed by atoms with Gasteiger partial charge in [0, 0.05) is 12.1 Å². The molecule has 132 valence electrons. The number of carbonyl (C=O) groups is 2. The highest BCUT2D eigenvalue weighted by molar-refractivity contribution is 6.33. The SMILES string of the molecule is Cc1onc(-c2ccccc2Cl)c1C(=O)N1CC(C(=O)O)O[C@H](C)C1. The number of amides is 1. The van der Waals surface area contributed by atoms with E-state index in [0.29, 0.717) is 22.0 Å². The Labute approximate surface area is 149 Å². The highest BCUT2D eigenvalue weighted by Gasteiger charge is 2.35. The highest BCUT2D eigenvalue weighted by atomic mass is 35.5. The minimum Gasteiger partial charge on any atom is -0.479 e. The Morgan fingerprint density at radius 2 is 2.04 bits per heavy atom. The summed E-state index contributed by atoms with van der Waals surface area (Å²) in [4.78, 5) is 25.7. The van der Waals surface area contributed by atoms with Crippen LogP contribution in [0.1, 0.15) is 23.0 Å². The zero-order chi connectivity index (χ0) is 18.1. The number of ether oxygens (including phenoxy) is 1. The lowest BCUT2D eigenvalue weighted by molar-refractivity contribution is -0.160. The molecular weight excluding hydrogens is 348 g/mol. The number of aryl methyl sites for hydroxylation is 1. The van der Waals surface area contributed by atoms with Crippen LogP contribution in [0.5, 0.6) is 0 Å². The molecule has 0 aliphatic carbocycles. The first kappa shape index (κ1) is 17.4. The van der Waals surface area contributed by atoms with Crippen LogP contribution in [0.25, 0.3) is 11.3 Å². The van der Waals surface area contributed by atoms with Crippen molar-refractivity contribution in [2.24, 2.45) is 0 Å². The molecule has 2 aromatic rings. The van der Waals surface area contributed by atoms with E-state index in [2.05, 4.69) is 5.16 Å². The van der Waals surface area contributed by atoms with E-state index in [-0.39, 0.29) is 30.7 Å². The van der Waals surface area contributed by atoms with Gasteiger partial charge in [-0.1, -0.05) is 35.0 Å². The first-order valence-electron chi connectivity index (χ1n) is 7.77. The molecule has 1 amide bonds. The first-order chi connectivity index (χ1) is 11.9. The van der Waals surface area contributed by atoms with E-state index in [1.165, 1.54) is 4.90 Å². The van der Waals surface area contributed by atoms with Gasteiger partial charge in [-0.15, -0.1) is 0 Å². The fourth-order valence-electron chi connectivity index (χ4n) is 2.87. The summed E-state index contributed by atoms with van der Waals surface area (Å²) < 4.78 is 10.6. The molecule has 0 radical (unpaired) electrons. The maximum Gasteiger partial charge on any atom is 0.334 e. The molecular formula is C17H17ClN2O5. The Kier molecular flexibility index (Phi) is 4.78. The van der Waals surface area contributed by atoms with E-state index in [1.54, 1.807) is 38.1 Å². The van der Waals surface area contributed by atoms with E-state index < -0.39 is 12.1 Å². The number of hydrogen-bond acceptors (Lipinski definition) is 5. The van der Waals surface area contributed by atoms with Crippen molar-refractivity contribution in [1.29, 1.82) is 0 Å². The number of halogens is 1. The van der Waals surface area contributed by atoms with E-state index in [0.717, 1.165) is 0 Å². The molecule has 1 unspecified atom stereocenters. The largest absolute Gasteiger partial charge is 0.479 e. The lowest BCUT2D eigenvalue weighted by Crippen LogP contribution is -2.51. The van der Waals surface area contributed by atoms with Crippen LogP contribution in [0.2, 0.25) is 5.02 Å². The molecule has 2 heterocycles. The molecule has 0 saturated carbocycles. The second-order valence-corrected chi connectivity index (χ2v) is 6.33. The summed E-state index contributed by atoms with van der Waals surface area (Å²) in [5.41, 5.74) is 1.21. The molecule has 0 bridgehead atoms. The van der Waals surface area contributed by atoms with Gasteiger partial charge in [0.2, 0.25) is 0 Å². The minimum absolute atomic E-state index is 0.0366. The second kappa shape index (κ2) is 6.85. The molecule has 25 heavy (non-hydrogen) atoms. The zero-order valence-electron chi connectivity index (χ0n) is 13.7. The van der Waals surface area contributed by atoms with Crippen LogP contribution < -0.4 is 0 Å². The van der Waals surface area contributed by atoms with E-state index >= 15 is 0 Å². The third kappa shape index (κ3) is 3.38.